The number of piperidine rings is 1. The standard InChI is InChI=1S/C14H21N3O/c1-16-12(11-5-3-2-4-6-11)14(13(15)18)7-9-17-10-8-14/h2-6,12,16-17H,7-10H2,1H3,(H2,15,18). The van der Waals surface area contributed by atoms with Gasteiger partial charge in [0.05, 0.1) is 5.41 Å². The number of nitrogens with two attached hydrogens (primary N) is 1. The number of benzene rings is 1. The maximum absolute atomic E-state index is 12.0. The first-order chi connectivity index (χ1) is 8.70. The summed E-state index contributed by atoms with van der Waals surface area (Å²) in [7, 11) is 1.89. The van der Waals surface area contributed by atoms with Crippen LogP contribution in [0.1, 0.15) is 24.4 Å². The summed E-state index contributed by atoms with van der Waals surface area (Å²) in [5, 5.41) is 6.57. The summed E-state index contributed by atoms with van der Waals surface area (Å²) >= 11 is 0. The van der Waals surface area contributed by atoms with Gasteiger partial charge in [0, 0.05) is 6.04 Å². The first-order valence-electron chi connectivity index (χ1n) is 6.43. The van der Waals surface area contributed by atoms with Crippen molar-refractivity contribution in [3.8, 4) is 0 Å². The highest BCUT2D eigenvalue weighted by Crippen LogP contribution is 2.41. The summed E-state index contributed by atoms with van der Waals surface area (Å²) in [5.74, 6) is -0.202. The Labute approximate surface area is 108 Å². The number of carbonyl (C=O) groups is 1. The van der Waals surface area contributed by atoms with Crippen molar-refractivity contribution in [2.24, 2.45) is 11.1 Å². The summed E-state index contributed by atoms with van der Waals surface area (Å²) in [5.41, 5.74) is 6.35. The average molecular weight is 247 g/mol. The van der Waals surface area contributed by atoms with Gasteiger partial charge in [0.15, 0.2) is 0 Å². The molecule has 1 fully saturated rings. The van der Waals surface area contributed by atoms with E-state index in [1.807, 2.05) is 37.4 Å². The summed E-state index contributed by atoms with van der Waals surface area (Å²) in [6.45, 7) is 1.68. The molecule has 0 spiro atoms. The molecular weight excluding hydrogens is 226 g/mol. The van der Waals surface area contributed by atoms with Crippen LogP contribution < -0.4 is 16.4 Å². The molecule has 1 atom stereocenters. The zero-order valence-electron chi connectivity index (χ0n) is 10.8. The van der Waals surface area contributed by atoms with Crippen molar-refractivity contribution >= 4 is 5.91 Å². The van der Waals surface area contributed by atoms with Crippen LogP contribution in [0.4, 0.5) is 0 Å². The Hall–Kier alpha value is -1.39. The topological polar surface area (TPSA) is 67.1 Å². The number of rotatable bonds is 4. The molecule has 2 rings (SSSR count). The molecule has 18 heavy (non-hydrogen) atoms. The molecule has 4 N–H and O–H groups in total. The molecular formula is C14H21N3O. The monoisotopic (exact) mass is 247 g/mol. The molecule has 98 valence electrons. The predicted molar refractivity (Wildman–Crippen MR) is 72.0 cm³/mol. The quantitative estimate of drug-likeness (QED) is 0.737. The smallest absolute Gasteiger partial charge is 0.225 e. The molecule has 1 heterocycles. The van der Waals surface area contributed by atoms with Gasteiger partial charge in [-0.1, -0.05) is 30.3 Å². The van der Waals surface area contributed by atoms with Gasteiger partial charge in [0.1, 0.15) is 0 Å². The third kappa shape index (κ3) is 2.26. The third-order valence-corrected chi connectivity index (χ3v) is 3.96. The highest BCUT2D eigenvalue weighted by molar-refractivity contribution is 5.82. The van der Waals surface area contributed by atoms with Gasteiger partial charge >= 0.3 is 0 Å². The lowest BCUT2D eigenvalue weighted by atomic mass is 9.70. The third-order valence-electron chi connectivity index (χ3n) is 3.96. The van der Waals surface area contributed by atoms with Crippen LogP contribution >= 0.6 is 0 Å². The summed E-state index contributed by atoms with van der Waals surface area (Å²) in [6, 6.07) is 10.1. The van der Waals surface area contributed by atoms with Crippen LogP contribution in [0.15, 0.2) is 30.3 Å². The van der Waals surface area contributed by atoms with Crippen LogP contribution in [0, 0.1) is 5.41 Å². The van der Waals surface area contributed by atoms with E-state index in [2.05, 4.69) is 10.6 Å². The minimum atomic E-state index is -0.485. The van der Waals surface area contributed by atoms with Gasteiger partial charge in [-0.15, -0.1) is 0 Å². The van der Waals surface area contributed by atoms with Crippen molar-refractivity contribution in [2.45, 2.75) is 18.9 Å². The molecule has 0 saturated carbocycles. The van der Waals surface area contributed by atoms with Crippen LogP contribution in [0.3, 0.4) is 0 Å². The molecule has 0 aromatic heterocycles. The fraction of sp³-hybridized carbons (Fsp3) is 0.500. The molecule has 1 aliphatic heterocycles. The second kappa shape index (κ2) is 5.50. The summed E-state index contributed by atoms with van der Waals surface area (Å²) in [4.78, 5) is 12.0. The Morgan fingerprint density at radius 1 is 1.33 bits per heavy atom. The molecule has 1 aromatic carbocycles. The summed E-state index contributed by atoms with van der Waals surface area (Å²) < 4.78 is 0. The lowest BCUT2D eigenvalue weighted by Gasteiger charge is -2.41. The van der Waals surface area contributed by atoms with E-state index in [-0.39, 0.29) is 11.9 Å². The molecule has 1 saturated heterocycles. The van der Waals surface area contributed by atoms with E-state index in [1.54, 1.807) is 0 Å². The lowest BCUT2D eigenvalue weighted by molar-refractivity contribution is -0.131. The molecule has 4 heteroatoms. The van der Waals surface area contributed by atoms with Gasteiger partial charge in [-0.25, -0.2) is 0 Å². The van der Waals surface area contributed by atoms with Gasteiger partial charge in [-0.3, -0.25) is 4.79 Å². The molecule has 0 bridgehead atoms. The zero-order valence-corrected chi connectivity index (χ0v) is 10.8. The number of primary amides is 1. The fourth-order valence-electron chi connectivity index (χ4n) is 2.96. The van der Waals surface area contributed by atoms with E-state index in [0.29, 0.717) is 0 Å². The number of amides is 1. The lowest BCUT2D eigenvalue weighted by Crippen LogP contribution is -2.52. The molecule has 1 aliphatic rings. The van der Waals surface area contributed by atoms with Gasteiger partial charge in [0.25, 0.3) is 0 Å². The largest absolute Gasteiger partial charge is 0.369 e. The van der Waals surface area contributed by atoms with Crippen molar-refractivity contribution in [3.63, 3.8) is 0 Å². The highest BCUT2D eigenvalue weighted by Gasteiger charge is 2.44. The summed E-state index contributed by atoms with van der Waals surface area (Å²) in [6.07, 6.45) is 1.56. The highest BCUT2D eigenvalue weighted by atomic mass is 16.1. The van der Waals surface area contributed by atoms with E-state index < -0.39 is 5.41 Å². The van der Waals surface area contributed by atoms with Crippen molar-refractivity contribution in [2.75, 3.05) is 20.1 Å². The minimum absolute atomic E-state index is 0.0155. The van der Waals surface area contributed by atoms with E-state index in [9.17, 15) is 4.79 Å². The minimum Gasteiger partial charge on any atom is -0.369 e. The maximum atomic E-state index is 12.0. The van der Waals surface area contributed by atoms with E-state index in [4.69, 9.17) is 5.73 Å². The van der Waals surface area contributed by atoms with Crippen LogP contribution in [0.2, 0.25) is 0 Å². The Kier molecular flexibility index (Phi) is 3.99. The van der Waals surface area contributed by atoms with Crippen molar-refractivity contribution in [3.05, 3.63) is 35.9 Å². The Bertz CT molecular complexity index is 399. The molecule has 0 radical (unpaired) electrons. The van der Waals surface area contributed by atoms with E-state index in [1.165, 1.54) is 0 Å². The van der Waals surface area contributed by atoms with E-state index in [0.717, 1.165) is 31.5 Å². The number of hydrogen-bond donors (Lipinski definition) is 3. The van der Waals surface area contributed by atoms with Crippen molar-refractivity contribution in [1.29, 1.82) is 0 Å². The Morgan fingerprint density at radius 2 is 1.94 bits per heavy atom. The van der Waals surface area contributed by atoms with Gasteiger partial charge in [-0.05, 0) is 38.5 Å². The average Bonchev–Trinajstić information content (AvgIpc) is 2.41. The number of nitrogens with one attached hydrogen (secondary N) is 2. The first-order valence-corrected chi connectivity index (χ1v) is 6.43. The maximum Gasteiger partial charge on any atom is 0.225 e. The molecule has 4 nitrogen and oxygen atoms in total. The zero-order chi connectivity index (χ0) is 13.0. The van der Waals surface area contributed by atoms with Crippen molar-refractivity contribution in [1.82, 2.24) is 10.6 Å². The Morgan fingerprint density at radius 3 is 2.44 bits per heavy atom. The SMILES string of the molecule is CNC(c1ccccc1)C1(C(N)=O)CCNCC1. The van der Waals surface area contributed by atoms with Crippen molar-refractivity contribution < 1.29 is 4.79 Å². The Balaban J connectivity index is 2.36. The van der Waals surface area contributed by atoms with Gasteiger partial charge in [0.2, 0.25) is 5.91 Å². The molecule has 1 aromatic rings. The number of carbonyl (C=O) groups excluding carboxylic acids is 1. The van der Waals surface area contributed by atoms with Gasteiger partial charge in [-0.2, -0.15) is 0 Å². The van der Waals surface area contributed by atoms with Crippen LogP contribution in [-0.2, 0) is 4.79 Å². The predicted octanol–water partition coefficient (Wildman–Crippen LogP) is 0.802. The van der Waals surface area contributed by atoms with Gasteiger partial charge < -0.3 is 16.4 Å². The van der Waals surface area contributed by atoms with E-state index >= 15 is 0 Å². The second-order valence-electron chi connectivity index (χ2n) is 4.90. The molecule has 1 amide bonds. The fourth-order valence-corrected chi connectivity index (χ4v) is 2.96. The normalized spacial score (nSPS) is 20.3. The number of hydrogen-bond acceptors (Lipinski definition) is 3. The van der Waals surface area contributed by atoms with Crippen LogP contribution in [0.5, 0.6) is 0 Å². The molecule has 0 aliphatic carbocycles. The molecule has 1 unspecified atom stereocenters. The van der Waals surface area contributed by atoms with Crippen LogP contribution in [-0.4, -0.2) is 26.0 Å². The van der Waals surface area contributed by atoms with Crippen LogP contribution in [0.25, 0.3) is 0 Å². The second-order valence-corrected chi connectivity index (χ2v) is 4.90. The first kappa shape index (κ1) is 13.1.